The van der Waals surface area contributed by atoms with Crippen molar-refractivity contribution in [3.05, 3.63) is 53.1 Å². The predicted octanol–water partition coefficient (Wildman–Crippen LogP) is 3.55. The van der Waals surface area contributed by atoms with Crippen LogP contribution in [0.15, 0.2) is 30.6 Å². The maximum atomic E-state index is 12.7. The number of rotatable bonds is 5. The third-order valence-electron chi connectivity index (χ3n) is 4.12. The van der Waals surface area contributed by atoms with E-state index >= 15 is 0 Å². The van der Waals surface area contributed by atoms with Gasteiger partial charge in [0, 0.05) is 30.8 Å². The number of carbonyl (C=O) groups excluding carboxylic acids is 1. The molecule has 4 heteroatoms. The second-order valence-electron chi connectivity index (χ2n) is 6.29. The molecule has 2 aromatic rings. The predicted molar refractivity (Wildman–Crippen MR) is 88.8 cm³/mol. The van der Waals surface area contributed by atoms with Gasteiger partial charge in [-0.2, -0.15) is 0 Å². The maximum Gasteiger partial charge on any atom is 0.253 e. The van der Waals surface area contributed by atoms with Crippen molar-refractivity contribution in [2.24, 2.45) is 13.0 Å². The number of pyridine rings is 1. The van der Waals surface area contributed by atoms with Gasteiger partial charge in [0.25, 0.3) is 5.91 Å². The number of hydrogen-bond acceptors (Lipinski definition) is 2. The van der Waals surface area contributed by atoms with Crippen LogP contribution in [0.5, 0.6) is 0 Å². The highest BCUT2D eigenvalue weighted by atomic mass is 16.1. The van der Waals surface area contributed by atoms with Gasteiger partial charge in [-0.05, 0) is 43.9 Å². The third-order valence-corrected chi connectivity index (χ3v) is 4.12. The SMILES string of the molecule is Cc1cc(C(=O)NC(CC(C)C)c2cccnc2)c(C)n1C. The monoisotopic (exact) mass is 299 g/mol. The molecule has 0 aliphatic carbocycles. The lowest BCUT2D eigenvalue weighted by molar-refractivity contribution is 0.0931. The van der Waals surface area contributed by atoms with Crippen molar-refractivity contribution in [1.82, 2.24) is 14.9 Å². The first-order chi connectivity index (χ1) is 10.4. The molecule has 4 nitrogen and oxygen atoms in total. The van der Waals surface area contributed by atoms with E-state index in [1.54, 1.807) is 6.20 Å². The van der Waals surface area contributed by atoms with Crippen molar-refractivity contribution in [3.63, 3.8) is 0 Å². The average Bonchev–Trinajstić information content (AvgIpc) is 2.75. The van der Waals surface area contributed by atoms with Crippen LogP contribution in [0.3, 0.4) is 0 Å². The van der Waals surface area contributed by atoms with Gasteiger partial charge in [0.05, 0.1) is 11.6 Å². The molecule has 0 saturated carbocycles. The summed E-state index contributed by atoms with van der Waals surface area (Å²) in [5, 5.41) is 3.17. The summed E-state index contributed by atoms with van der Waals surface area (Å²) in [5.74, 6) is 0.472. The molecule has 22 heavy (non-hydrogen) atoms. The summed E-state index contributed by atoms with van der Waals surface area (Å²) >= 11 is 0. The van der Waals surface area contributed by atoms with Crippen molar-refractivity contribution in [2.75, 3.05) is 0 Å². The van der Waals surface area contributed by atoms with Gasteiger partial charge < -0.3 is 9.88 Å². The van der Waals surface area contributed by atoms with Gasteiger partial charge in [-0.1, -0.05) is 19.9 Å². The topological polar surface area (TPSA) is 46.9 Å². The number of carbonyl (C=O) groups is 1. The van der Waals surface area contributed by atoms with Gasteiger partial charge in [0.2, 0.25) is 0 Å². The van der Waals surface area contributed by atoms with E-state index in [1.807, 2.05) is 49.9 Å². The quantitative estimate of drug-likeness (QED) is 0.917. The Bertz CT molecular complexity index is 644. The van der Waals surface area contributed by atoms with Crippen molar-refractivity contribution in [3.8, 4) is 0 Å². The van der Waals surface area contributed by atoms with Gasteiger partial charge >= 0.3 is 0 Å². The number of amides is 1. The molecule has 2 heterocycles. The minimum absolute atomic E-state index is 0.0129. The van der Waals surface area contributed by atoms with Gasteiger partial charge in [0.1, 0.15) is 0 Å². The standard InChI is InChI=1S/C18H25N3O/c1-12(2)9-17(15-7-6-8-19-11-15)20-18(22)16-10-13(3)21(5)14(16)4/h6-8,10-12,17H,9H2,1-5H3,(H,20,22). The smallest absolute Gasteiger partial charge is 0.253 e. The zero-order valence-electron chi connectivity index (χ0n) is 14.1. The number of aromatic nitrogens is 2. The second-order valence-corrected chi connectivity index (χ2v) is 6.29. The Balaban J connectivity index is 2.23. The van der Waals surface area contributed by atoms with E-state index in [4.69, 9.17) is 0 Å². The van der Waals surface area contributed by atoms with Crippen LogP contribution in [0, 0.1) is 19.8 Å². The highest BCUT2D eigenvalue weighted by Crippen LogP contribution is 2.22. The Labute approximate surface area is 132 Å². The lowest BCUT2D eigenvalue weighted by Gasteiger charge is -2.21. The highest BCUT2D eigenvalue weighted by molar-refractivity contribution is 5.96. The molecule has 1 amide bonds. The van der Waals surface area contributed by atoms with Gasteiger partial charge in [-0.15, -0.1) is 0 Å². The van der Waals surface area contributed by atoms with E-state index in [0.29, 0.717) is 5.92 Å². The molecule has 1 atom stereocenters. The average molecular weight is 299 g/mol. The Morgan fingerprint density at radius 2 is 2.09 bits per heavy atom. The third kappa shape index (κ3) is 3.56. The summed E-state index contributed by atoms with van der Waals surface area (Å²) < 4.78 is 2.04. The lowest BCUT2D eigenvalue weighted by atomic mass is 9.98. The van der Waals surface area contributed by atoms with E-state index < -0.39 is 0 Å². The fraction of sp³-hybridized carbons (Fsp3) is 0.444. The highest BCUT2D eigenvalue weighted by Gasteiger charge is 2.20. The molecule has 0 aliphatic rings. The van der Waals surface area contributed by atoms with E-state index in [9.17, 15) is 4.79 Å². The van der Waals surface area contributed by atoms with E-state index in [-0.39, 0.29) is 11.9 Å². The van der Waals surface area contributed by atoms with Crippen LogP contribution in [-0.4, -0.2) is 15.5 Å². The first kappa shape index (κ1) is 16.3. The summed E-state index contributed by atoms with van der Waals surface area (Å²) in [6.45, 7) is 8.31. The van der Waals surface area contributed by atoms with Gasteiger partial charge in [-0.3, -0.25) is 9.78 Å². The van der Waals surface area contributed by atoms with Crippen molar-refractivity contribution in [2.45, 2.75) is 40.2 Å². The molecule has 0 aliphatic heterocycles. The maximum absolute atomic E-state index is 12.7. The Morgan fingerprint density at radius 3 is 2.59 bits per heavy atom. The summed E-state index contributed by atoms with van der Waals surface area (Å²) in [7, 11) is 1.98. The summed E-state index contributed by atoms with van der Waals surface area (Å²) in [4.78, 5) is 16.8. The Kier molecular flexibility index (Phi) is 5.01. The summed E-state index contributed by atoms with van der Waals surface area (Å²) in [6, 6.07) is 5.86. The van der Waals surface area contributed by atoms with Crippen LogP contribution in [-0.2, 0) is 7.05 Å². The minimum atomic E-state index is -0.0179. The van der Waals surface area contributed by atoms with Crippen LogP contribution in [0.1, 0.15) is 53.6 Å². The first-order valence-corrected chi connectivity index (χ1v) is 7.73. The van der Waals surface area contributed by atoms with E-state index in [2.05, 4.69) is 24.1 Å². The zero-order valence-corrected chi connectivity index (χ0v) is 14.1. The summed E-state index contributed by atoms with van der Waals surface area (Å²) in [5.41, 5.74) is 3.88. The zero-order chi connectivity index (χ0) is 16.3. The van der Waals surface area contributed by atoms with Gasteiger partial charge in [-0.25, -0.2) is 0 Å². The molecule has 0 bridgehead atoms. The normalized spacial score (nSPS) is 12.5. The first-order valence-electron chi connectivity index (χ1n) is 7.73. The molecule has 2 aromatic heterocycles. The molecule has 0 saturated heterocycles. The van der Waals surface area contributed by atoms with Crippen molar-refractivity contribution < 1.29 is 4.79 Å². The molecule has 118 valence electrons. The molecular weight excluding hydrogens is 274 g/mol. The van der Waals surface area contributed by atoms with Crippen LogP contribution >= 0.6 is 0 Å². The van der Waals surface area contributed by atoms with Crippen LogP contribution in [0.4, 0.5) is 0 Å². The van der Waals surface area contributed by atoms with Crippen molar-refractivity contribution >= 4 is 5.91 Å². The van der Waals surface area contributed by atoms with Gasteiger partial charge in [0.15, 0.2) is 0 Å². The molecule has 0 aromatic carbocycles. The fourth-order valence-corrected chi connectivity index (χ4v) is 2.65. The van der Waals surface area contributed by atoms with E-state index in [0.717, 1.165) is 28.9 Å². The molecule has 1 N–H and O–H groups in total. The Morgan fingerprint density at radius 1 is 1.36 bits per heavy atom. The molecular formula is C18H25N3O. The molecule has 0 radical (unpaired) electrons. The number of nitrogens with one attached hydrogen (secondary N) is 1. The molecule has 2 rings (SSSR count). The van der Waals surface area contributed by atoms with Crippen LogP contribution < -0.4 is 5.32 Å². The van der Waals surface area contributed by atoms with E-state index in [1.165, 1.54) is 0 Å². The minimum Gasteiger partial charge on any atom is -0.351 e. The summed E-state index contributed by atoms with van der Waals surface area (Å²) in [6.07, 6.45) is 4.47. The number of aryl methyl sites for hydroxylation is 1. The number of hydrogen-bond donors (Lipinski definition) is 1. The molecule has 1 unspecified atom stereocenters. The largest absolute Gasteiger partial charge is 0.351 e. The lowest BCUT2D eigenvalue weighted by Crippen LogP contribution is -2.30. The van der Waals surface area contributed by atoms with Crippen LogP contribution in [0.25, 0.3) is 0 Å². The molecule has 0 fully saturated rings. The fourth-order valence-electron chi connectivity index (χ4n) is 2.65. The Hall–Kier alpha value is -2.10. The second kappa shape index (κ2) is 6.77. The van der Waals surface area contributed by atoms with Crippen LogP contribution in [0.2, 0.25) is 0 Å². The molecule has 0 spiro atoms. The number of nitrogens with zero attached hydrogens (tertiary/aromatic N) is 2. The van der Waals surface area contributed by atoms with Crippen molar-refractivity contribution in [1.29, 1.82) is 0 Å².